The van der Waals surface area contributed by atoms with E-state index in [1.807, 2.05) is 11.8 Å². The second kappa shape index (κ2) is 12.5. The maximum absolute atomic E-state index is 2.68. The first-order valence-electron chi connectivity index (χ1n) is 11.2. The van der Waals surface area contributed by atoms with Crippen LogP contribution in [0.2, 0.25) is 0 Å². The Labute approximate surface area is 176 Å². The van der Waals surface area contributed by atoms with Crippen LogP contribution in [0.25, 0.3) is 0 Å². The van der Waals surface area contributed by atoms with E-state index < -0.39 is 0 Å². The Morgan fingerprint density at radius 2 is 1.15 bits per heavy atom. The molecule has 0 spiro atoms. The van der Waals surface area contributed by atoms with E-state index in [4.69, 9.17) is 0 Å². The van der Waals surface area contributed by atoms with Gasteiger partial charge in [0.05, 0.1) is 0 Å². The van der Waals surface area contributed by atoms with Crippen LogP contribution in [0.15, 0.2) is 24.3 Å². The Hall–Kier alpha value is -0.898. The number of fused-ring (bicyclic) bond motifs is 2. The number of hydrogen-bond donors (Lipinski definition) is 0. The first-order valence-corrected chi connectivity index (χ1v) is 11.9. The van der Waals surface area contributed by atoms with Crippen molar-refractivity contribution in [2.24, 2.45) is 0 Å². The Morgan fingerprint density at radius 3 is 1.48 bits per heavy atom. The molecule has 0 N–H and O–H groups in total. The Bertz CT molecular complexity index is 567. The summed E-state index contributed by atoms with van der Waals surface area (Å²) in [7, 11) is 0. The number of hydrogen-bond acceptors (Lipinski definition) is 0. The number of aryl methyl sites for hydroxylation is 6. The van der Waals surface area contributed by atoms with Gasteiger partial charge in [-0.05, 0) is 0 Å². The zero-order chi connectivity index (χ0) is 19.5. The molecule has 150 valence electrons. The second-order valence-electron chi connectivity index (χ2n) is 7.98. The molecule has 0 saturated carbocycles. The van der Waals surface area contributed by atoms with Gasteiger partial charge in [0.2, 0.25) is 0 Å². The molecule has 0 nitrogen and oxygen atoms in total. The van der Waals surface area contributed by atoms with Crippen molar-refractivity contribution >= 4 is 4.88 Å². The van der Waals surface area contributed by atoms with Gasteiger partial charge in [-0.15, -0.1) is 0 Å². The summed E-state index contributed by atoms with van der Waals surface area (Å²) in [5, 5.41) is 0. The molecule has 0 bridgehead atoms. The van der Waals surface area contributed by atoms with Crippen molar-refractivity contribution in [1.29, 1.82) is 0 Å². The molecule has 0 radical (unpaired) electrons. The molecule has 4 rings (SSSR count). The summed E-state index contributed by atoms with van der Waals surface area (Å²) in [6.07, 6.45) is 16.1. The van der Waals surface area contributed by atoms with Gasteiger partial charge < -0.3 is 0 Å². The molecule has 0 aliphatic heterocycles. The van der Waals surface area contributed by atoms with E-state index in [0.717, 1.165) is 0 Å². The maximum atomic E-state index is 2.68. The average Bonchev–Trinajstić information content (AvgIpc) is 3.26. The third-order valence-corrected chi connectivity index (χ3v) is 5.63. The first-order chi connectivity index (χ1) is 13.2. The summed E-state index contributed by atoms with van der Waals surface area (Å²) >= 11 is 2.68. The second-order valence-corrected chi connectivity index (χ2v) is 8.71. The van der Waals surface area contributed by atoms with Crippen LogP contribution in [0.1, 0.15) is 92.7 Å². The van der Waals surface area contributed by atoms with Crippen molar-refractivity contribution < 1.29 is 15.9 Å². The summed E-state index contributed by atoms with van der Waals surface area (Å²) in [5.74, 6) is 0. The van der Waals surface area contributed by atoms with Crippen LogP contribution >= 0.6 is 0 Å². The van der Waals surface area contributed by atoms with E-state index in [1.54, 1.807) is 33.4 Å². The predicted octanol–water partition coefficient (Wildman–Crippen LogP) is 6.83. The van der Waals surface area contributed by atoms with Gasteiger partial charge in [-0.1, -0.05) is 90.9 Å². The third kappa shape index (κ3) is 7.21. The molecule has 0 fully saturated rings. The number of rotatable bonds is 4. The molecule has 2 aromatic rings. The van der Waals surface area contributed by atoms with Gasteiger partial charge in [0.25, 0.3) is 0 Å². The van der Waals surface area contributed by atoms with E-state index in [9.17, 15) is 0 Å². The van der Waals surface area contributed by atoms with E-state index >= 15 is 0 Å². The van der Waals surface area contributed by atoms with Crippen LogP contribution in [-0.2, 0) is 54.4 Å². The van der Waals surface area contributed by atoms with Gasteiger partial charge in [-0.25, -0.2) is 12.1 Å². The fourth-order valence-corrected chi connectivity index (χ4v) is 4.41. The quantitative estimate of drug-likeness (QED) is 0.492. The van der Waals surface area contributed by atoms with Crippen molar-refractivity contribution in [2.45, 2.75) is 97.8 Å². The summed E-state index contributed by atoms with van der Waals surface area (Å²) < 4.78 is 0. The van der Waals surface area contributed by atoms with Crippen molar-refractivity contribution in [1.82, 2.24) is 0 Å². The molecule has 1 heteroatoms. The fraction of sp³-hybridized carbons (Fsp3) is 0.577. The zero-order valence-electron chi connectivity index (χ0n) is 17.8. The monoisotopic (exact) mass is 402 g/mol. The summed E-state index contributed by atoms with van der Waals surface area (Å²) in [4.78, 5) is 1.88. The molecule has 0 saturated heterocycles. The molecular weight excluding hydrogens is 364 g/mol. The van der Waals surface area contributed by atoms with Crippen LogP contribution in [0.5, 0.6) is 0 Å². The van der Waals surface area contributed by atoms with Crippen LogP contribution in [0.3, 0.4) is 0 Å². The SMILES string of the molecule is CCCc1cc2c([cH-]1)CCCC2.CCCc1cc2c([cH-]1)CCCC2.C[CH]=[Cr]. The standard InChI is InChI=1S/2C12H17.C2H4.Cr/c2*1-2-5-10-8-11-6-3-4-7-12(11)9-10;1-2;/h2*8-9H,2-7H2,1H3;1H,2H3;/q2*-1;;. The van der Waals surface area contributed by atoms with E-state index in [2.05, 4.69) is 54.0 Å². The van der Waals surface area contributed by atoms with Crippen molar-refractivity contribution in [3.05, 3.63) is 57.6 Å². The van der Waals surface area contributed by atoms with Crippen LogP contribution in [0, 0.1) is 0 Å². The van der Waals surface area contributed by atoms with Gasteiger partial charge in [-0.2, -0.15) is 45.5 Å². The van der Waals surface area contributed by atoms with Crippen molar-refractivity contribution in [2.75, 3.05) is 0 Å². The minimum absolute atomic E-state index is 1.27. The molecule has 2 aliphatic carbocycles. The van der Waals surface area contributed by atoms with Crippen LogP contribution < -0.4 is 0 Å². The van der Waals surface area contributed by atoms with Crippen LogP contribution in [0.4, 0.5) is 0 Å². The van der Waals surface area contributed by atoms with E-state index in [0.29, 0.717) is 0 Å². The Morgan fingerprint density at radius 1 is 0.778 bits per heavy atom. The van der Waals surface area contributed by atoms with E-state index in [-0.39, 0.29) is 0 Å². The first kappa shape index (κ1) is 22.4. The average molecular weight is 403 g/mol. The van der Waals surface area contributed by atoms with E-state index in [1.165, 1.54) is 77.0 Å². The van der Waals surface area contributed by atoms with Gasteiger partial charge in [0.1, 0.15) is 0 Å². The van der Waals surface area contributed by atoms with Gasteiger partial charge in [0.15, 0.2) is 0 Å². The Kier molecular flexibility index (Phi) is 10.4. The summed E-state index contributed by atoms with van der Waals surface area (Å²) in [6, 6.07) is 9.71. The Balaban J connectivity index is 0.000000170. The summed E-state index contributed by atoms with van der Waals surface area (Å²) in [5.41, 5.74) is 9.72. The predicted molar refractivity (Wildman–Crippen MR) is 117 cm³/mol. The fourth-order valence-electron chi connectivity index (χ4n) is 4.41. The van der Waals surface area contributed by atoms with Gasteiger partial charge >= 0.3 is 27.7 Å². The molecule has 0 atom stereocenters. The summed E-state index contributed by atoms with van der Waals surface area (Å²) in [6.45, 7) is 6.46. The molecule has 0 aromatic heterocycles. The van der Waals surface area contributed by atoms with Gasteiger partial charge in [0, 0.05) is 0 Å². The molecule has 2 aliphatic rings. The normalized spacial score (nSPS) is 14.8. The molecule has 0 unspecified atom stereocenters. The van der Waals surface area contributed by atoms with Crippen LogP contribution in [-0.4, -0.2) is 4.88 Å². The third-order valence-electron chi connectivity index (χ3n) is 5.63. The molecule has 27 heavy (non-hydrogen) atoms. The molecule has 2 aromatic carbocycles. The topological polar surface area (TPSA) is 0 Å². The van der Waals surface area contributed by atoms with Crippen molar-refractivity contribution in [3.8, 4) is 0 Å². The van der Waals surface area contributed by atoms with Crippen molar-refractivity contribution in [3.63, 3.8) is 0 Å². The molecular formula is C26H38Cr-2. The molecule has 0 amide bonds. The van der Waals surface area contributed by atoms with Gasteiger partial charge in [-0.3, -0.25) is 0 Å². The molecule has 0 heterocycles. The minimum atomic E-state index is 1.27. The zero-order valence-corrected chi connectivity index (χ0v) is 19.1.